The Bertz CT molecular complexity index is 1180. The Kier molecular flexibility index (Phi) is 3.70. The summed E-state index contributed by atoms with van der Waals surface area (Å²) in [6.45, 7) is 8.20. The van der Waals surface area contributed by atoms with Gasteiger partial charge in [0.2, 0.25) is 0 Å². The molecule has 0 radical (unpaired) electrons. The van der Waals surface area contributed by atoms with E-state index in [2.05, 4.69) is 50.9 Å². The summed E-state index contributed by atoms with van der Waals surface area (Å²) in [5, 5.41) is 2.24. The van der Waals surface area contributed by atoms with E-state index in [1.165, 1.54) is 0 Å². The molecular weight excluding hydrogens is 349 g/mol. The second-order valence-electron chi connectivity index (χ2n) is 8.37. The first-order valence-corrected chi connectivity index (χ1v) is 9.57. The fourth-order valence-electron chi connectivity index (χ4n) is 3.63. The minimum Gasteiger partial charge on any atom is -0.456 e. The predicted octanol–water partition coefficient (Wildman–Crippen LogP) is 4.95. The van der Waals surface area contributed by atoms with E-state index in [4.69, 9.17) is 13.7 Å². The topological polar surface area (TPSA) is 44.5 Å². The lowest BCUT2D eigenvalue weighted by molar-refractivity contribution is 0.00578. The van der Waals surface area contributed by atoms with Crippen LogP contribution in [0.25, 0.3) is 33.1 Å². The molecule has 2 aromatic carbocycles. The number of furan rings is 1. The summed E-state index contributed by atoms with van der Waals surface area (Å²) < 4.78 is 18.3. The van der Waals surface area contributed by atoms with Gasteiger partial charge in [0.05, 0.1) is 16.8 Å². The van der Waals surface area contributed by atoms with Gasteiger partial charge in [-0.3, -0.25) is 4.98 Å². The van der Waals surface area contributed by atoms with Crippen LogP contribution >= 0.6 is 0 Å². The van der Waals surface area contributed by atoms with Crippen LogP contribution in [-0.4, -0.2) is 23.3 Å². The van der Waals surface area contributed by atoms with E-state index in [0.29, 0.717) is 0 Å². The molecule has 0 spiro atoms. The highest BCUT2D eigenvalue weighted by molar-refractivity contribution is 6.61. The SMILES string of the molecule is CC1(C)OB(c2cc(-c3ccc4oc5ccccc5c4c3)ccn2)OC1(C)C. The third-order valence-corrected chi connectivity index (χ3v) is 5.99. The number of pyridine rings is 1. The zero-order chi connectivity index (χ0) is 19.5. The molecule has 4 aromatic rings. The van der Waals surface area contributed by atoms with E-state index in [1.807, 2.05) is 42.6 Å². The van der Waals surface area contributed by atoms with Gasteiger partial charge in [-0.2, -0.15) is 0 Å². The Morgan fingerprint density at radius 2 is 1.43 bits per heavy atom. The second-order valence-corrected chi connectivity index (χ2v) is 8.37. The first kappa shape index (κ1) is 17.5. The summed E-state index contributed by atoms with van der Waals surface area (Å²) in [6, 6.07) is 18.4. The summed E-state index contributed by atoms with van der Waals surface area (Å²) in [6.07, 6.45) is 1.81. The van der Waals surface area contributed by atoms with Gasteiger partial charge in [-0.15, -0.1) is 0 Å². The zero-order valence-corrected chi connectivity index (χ0v) is 16.5. The van der Waals surface area contributed by atoms with Crippen molar-refractivity contribution in [3.05, 3.63) is 60.8 Å². The molecule has 0 bridgehead atoms. The molecule has 3 heterocycles. The highest BCUT2D eigenvalue weighted by atomic mass is 16.7. The summed E-state index contributed by atoms with van der Waals surface area (Å²) in [5.74, 6) is 0. The van der Waals surface area contributed by atoms with Gasteiger partial charge in [-0.05, 0) is 69.2 Å². The predicted molar refractivity (Wildman–Crippen MR) is 113 cm³/mol. The zero-order valence-electron chi connectivity index (χ0n) is 16.5. The number of aromatic nitrogens is 1. The molecular formula is C23H22BNO3. The molecule has 0 unspecified atom stereocenters. The van der Waals surface area contributed by atoms with Crippen LogP contribution < -0.4 is 5.59 Å². The maximum Gasteiger partial charge on any atom is 0.514 e. The number of benzene rings is 2. The van der Waals surface area contributed by atoms with Crippen molar-refractivity contribution in [2.24, 2.45) is 0 Å². The molecule has 0 amide bonds. The fraction of sp³-hybridized carbons (Fsp3) is 0.261. The number of hydrogen-bond acceptors (Lipinski definition) is 4. The Labute approximate surface area is 164 Å². The van der Waals surface area contributed by atoms with E-state index in [9.17, 15) is 0 Å². The van der Waals surface area contributed by atoms with E-state index >= 15 is 0 Å². The summed E-state index contributed by atoms with van der Waals surface area (Å²) in [7, 11) is -0.469. The average Bonchev–Trinajstić information content (AvgIpc) is 3.15. The monoisotopic (exact) mass is 371 g/mol. The third-order valence-electron chi connectivity index (χ3n) is 5.99. The van der Waals surface area contributed by atoms with Crippen molar-refractivity contribution in [2.75, 3.05) is 0 Å². The smallest absolute Gasteiger partial charge is 0.456 e. The Balaban J connectivity index is 1.56. The van der Waals surface area contributed by atoms with Gasteiger partial charge in [0.15, 0.2) is 0 Å². The third kappa shape index (κ3) is 2.66. The molecule has 5 rings (SSSR count). The maximum absolute atomic E-state index is 6.16. The van der Waals surface area contributed by atoms with Crippen molar-refractivity contribution in [2.45, 2.75) is 38.9 Å². The second kappa shape index (κ2) is 5.93. The van der Waals surface area contributed by atoms with Gasteiger partial charge < -0.3 is 13.7 Å². The van der Waals surface area contributed by atoms with Crippen molar-refractivity contribution in [1.29, 1.82) is 0 Å². The van der Waals surface area contributed by atoms with Crippen LogP contribution in [0.4, 0.5) is 0 Å². The molecule has 1 aliphatic heterocycles. The molecule has 1 aliphatic rings. The van der Waals surface area contributed by atoms with Crippen molar-refractivity contribution in [3.8, 4) is 11.1 Å². The first-order valence-electron chi connectivity index (χ1n) is 9.57. The molecule has 140 valence electrons. The number of rotatable bonds is 2. The van der Waals surface area contributed by atoms with Crippen LogP contribution in [0.1, 0.15) is 27.7 Å². The number of para-hydroxylation sites is 1. The minimum atomic E-state index is -0.469. The fourth-order valence-corrected chi connectivity index (χ4v) is 3.63. The summed E-state index contributed by atoms with van der Waals surface area (Å²) >= 11 is 0. The highest BCUT2D eigenvalue weighted by Crippen LogP contribution is 2.37. The van der Waals surface area contributed by atoms with Crippen molar-refractivity contribution >= 4 is 34.7 Å². The molecule has 28 heavy (non-hydrogen) atoms. The largest absolute Gasteiger partial charge is 0.514 e. The lowest BCUT2D eigenvalue weighted by Crippen LogP contribution is -2.41. The van der Waals surface area contributed by atoms with Gasteiger partial charge in [-0.25, -0.2) is 0 Å². The van der Waals surface area contributed by atoms with E-state index in [-0.39, 0.29) is 11.2 Å². The quantitative estimate of drug-likeness (QED) is 0.468. The molecule has 1 fully saturated rings. The number of hydrogen-bond donors (Lipinski definition) is 0. The molecule has 1 saturated heterocycles. The van der Waals surface area contributed by atoms with Crippen molar-refractivity contribution in [3.63, 3.8) is 0 Å². The lowest BCUT2D eigenvalue weighted by Gasteiger charge is -2.32. The van der Waals surface area contributed by atoms with E-state index in [1.54, 1.807) is 0 Å². The minimum absolute atomic E-state index is 0.385. The van der Waals surface area contributed by atoms with Crippen LogP contribution in [0, 0.1) is 0 Å². The molecule has 0 N–H and O–H groups in total. The van der Waals surface area contributed by atoms with Crippen LogP contribution in [0.15, 0.2) is 65.2 Å². The maximum atomic E-state index is 6.16. The molecule has 0 aliphatic carbocycles. The Hall–Kier alpha value is -2.63. The van der Waals surface area contributed by atoms with Gasteiger partial charge in [0.1, 0.15) is 11.2 Å². The van der Waals surface area contributed by atoms with Crippen LogP contribution in [0.2, 0.25) is 0 Å². The first-order chi connectivity index (χ1) is 13.3. The Morgan fingerprint density at radius 3 is 2.21 bits per heavy atom. The molecule has 2 aromatic heterocycles. The van der Waals surface area contributed by atoms with Crippen molar-refractivity contribution in [1.82, 2.24) is 4.98 Å². The molecule has 0 atom stereocenters. The summed E-state index contributed by atoms with van der Waals surface area (Å²) in [4.78, 5) is 4.51. The number of nitrogens with zero attached hydrogens (tertiary/aromatic N) is 1. The van der Waals surface area contributed by atoms with Crippen LogP contribution in [0.3, 0.4) is 0 Å². The van der Waals surface area contributed by atoms with Crippen molar-refractivity contribution < 1.29 is 13.7 Å². The summed E-state index contributed by atoms with van der Waals surface area (Å²) in [5.41, 5.74) is 4.00. The van der Waals surface area contributed by atoms with E-state index in [0.717, 1.165) is 38.7 Å². The van der Waals surface area contributed by atoms with Crippen LogP contribution in [0.5, 0.6) is 0 Å². The van der Waals surface area contributed by atoms with Gasteiger partial charge in [0, 0.05) is 17.0 Å². The van der Waals surface area contributed by atoms with Crippen LogP contribution in [-0.2, 0) is 9.31 Å². The Morgan fingerprint density at radius 1 is 0.750 bits per heavy atom. The number of fused-ring (bicyclic) bond motifs is 3. The standard InChI is InChI=1S/C23H22BNO3/c1-22(2)23(3,4)28-24(27-22)21-14-16(11-12-25-21)15-9-10-20-18(13-15)17-7-5-6-8-19(17)26-20/h5-14H,1-4H3. The molecule has 5 heteroatoms. The van der Waals surface area contributed by atoms with Gasteiger partial charge >= 0.3 is 7.12 Å². The lowest BCUT2D eigenvalue weighted by atomic mass is 9.83. The van der Waals surface area contributed by atoms with Gasteiger partial charge in [-0.1, -0.05) is 24.3 Å². The van der Waals surface area contributed by atoms with E-state index < -0.39 is 7.12 Å². The van der Waals surface area contributed by atoms with Gasteiger partial charge in [0.25, 0.3) is 0 Å². The highest BCUT2D eigenvalue weighted by Gasteiger charge is 2.52. The average molecular weight is 371 g/mol. The normalized spacial score (nSPS) is 18.2. The molecule has 0 saturated carbocycles. The molecule has 4 nitrogen and oxygen atoms in total.